The summed E-state index contributed by atoms with van der Waals surface area (Å²) in [5, 5.41) is 3.25. The normalized spacial score (nSPS) is 15.8. The van der Waals surface area contributed by atoms with Gasteiger partial charge in [0.05, 0.1) is 5.69 Å². The third-order valence-electron chi connectivity index (χ3n) is 2.24. The van der Waals surface area contributed by atoms with Crippen LogP contribution in [-0.4, -0.2) is 17.3 Å². The fraction of sp³-hybridized carbons (Fsp3) is 0.444. The molecule has 0 bridgehead atoms. The molecule has 3 heteroatoms. The van der Waals surface area contributed by atoms with Crippen LogP contribution in [0.1, 0.15) is 28.7 Å². The van der Waals surface area contributed by atoms with Crippen LogP contribution in [0.15, 0.2) is 6.07 Å². The molecule has 0 saturated heterocycles. The van der Waals surface area contributed by atoms with Gasteiger partial charge in [-0.3, -0.25) is 4.79 Å². The number of aromatic nitrogens is 1. The first kappa shape index (κ1) is 7.55. The molecule has 2 rings (SSSR count). The molecule has 0 spiro atoms. The molecule has 1 aromatic rings. The molecular weight excluding hydrogens is 152 g/mol. The summed E-state index contributed by atoms with van der Waals surface area (Å²) in [6.07, 6.45) is 1.03. The van der Waals surface area contributed by atoms with Gasteiger partial charge in [0, 0.05) is 19.2 Å². The highest BCUT2D eigenvalue weighted by atomic mass is 16.1. The zero-order valence-corrected chi connectivity index (χ0v) is 7.11. The van der Waals surface area contributed by atoms with Gasteiger partial charge in [0.15, 0.2) is 5.78 Å². The molecule has 3 nitrogen and oxygen atoms in total. The summed E-state index contributed by atoms with van der Waals surface area (Å²) < 4.78 is 0. The van der Waals surface area contributed by atoms with E-state index in [2.05, 4.69) is 10.3 Å². The summed E-state index contributed by atoms with van der Waals surface area (Å²) in [6.45, 7) is 3.47. The van der Waals surface area contributed by atoms with Crippen molar-refractivity contribution in [3.05, 3.63) is 23.0 Å². The second-order valence-electron chi connectivity index (χ2n) is 3.17. The van der Waals surface area contributed by atoms with Crippen molar-refractivity contribution in [1.82, 2.24) is 10.3 Å². The molecule has 64 valence electrons. The predicted molar refractivity (Wildman–Crippen MR) is 46.2 cm³/mol. The lowest BCUT2D eigenvalue weighted by Crippen LogP contribution is -2.22. The van der Waals surface area contributed by atoms with Crippen molar-refractivity contribution in [2.75, 3.05) is 6.54 Å². The summed E-state index contributed by atoms with van der Waals surface area (Å²) in [6, 6.07) is 1.97. The number of hydrogen-bond donors (Lipinski definition) is 2. The Bertz CT molecular complexity index is 291. The lowest BCUT2D eigenvalue weighted by Gasteiger charge is -2.11. The Labute approximate surface area is 71.2 Å². The fourth-order valence-corrected chi connectivity index (χ4v) is 1.55. The third kappa shape index (κ3) is 1.16. The van der Waals surface area contributed by atoms with Gasteiger partial charge in [-0.25, -0.2) is 0 Å². The highest BCUT2D eigenvalue weighted by Gasteiger charge is 2.13. The van der Waals surface area contributed by atoms with Crippen LogP contribution in [-0.2, 0) is 13.0 Å². The van der Waals surface area contributed by atoms with Crippen molar-refractivity contribution in [1.29, 1.82) is 0 Å². The van der Waals surface area contributed by atoms with E-state index in [1.54, 1.807) is 6.92 Å². The number of hydrogen-bond acceptors (Lipinski definition) is 2. The van der Waals surface area contributed by atoms with Crippen molar-refractivity contribution in [3.8, 4) is 0 Å². The molecule has 1 aliphatic heterocycles. The Balaban J connectivity index is 2.38. The van der Waals surface area contributed by atoms with Crippen LogP contribution in [0.3, 0.4) is 0 Å². The number of carbonyl (C=O) groups excluding carboxylic acids is 1. The minimum atomic E-state index is 0.115. The van der Waals surface area contributed by atoms with Crippen molar-refractivity contribution >= 4 is 5.78 Å². The zero-order valence-electron chi connectivity index (χ0n) is 7.11. The number of ketones is 1. The average molecular weight is 164 g/mol. The van der Waals surface area contributed by atoms with Crippen LogP contribution in [0, 0.1) is 0 Å². The predicted octanol–water partition coefficient (Wildman–Crippen LogP) is 0.863. The highest BCUT2D eigenvalue weighted by molar-refractivity contribution is 5.92. The second kappa shape index (κ2) is 2.75. The second-order valence-corrected chi connectivity index (χ2v) is 3.17. The monoisotopic (exact) mass is 164 g/mol. The van der Waals surface area contributed by atoms with Gasteiger partial charge in [-0.15, -0.1) is 0 Å². The van der Waals surface area contributed by atoms with Crippen LogP contribution in [0.4, 0.5) is 0 Å². The molecule has 0 radical (unpaired) electrons. The minimum Gasteiger partial charge on any atom is -0.355 e. The van der Waals surface area contributed by atoms with E-state index >= 15 is 0 Å². The topological polar surface area (TPSA) is 44.9 Å². The average Bonchev–Trinajstić information content (AvgIpc) is 2.46. The van der Waals surface area contributed by atoms with Gasteiger partial charge >= 0.3 is 0 Å². The van der Waals surface area contributed by atoms with E-state index in [9.17, 15) is 4.79 Å². The number of rotatable bonds is 1. The van der Waals surface area contributed by atoms with E-state index in [-0.39, 0.29) is 5.78 Å². The quantitative estimate of drug-likeness (QED) is 0.605. The SMILES string of the molecule is CC(=O)c1cc2c([nH]1)CNCC2. The lowest BCUT2D eigenvalue weighted by molar-refractivity contribution is 0.101. The summed E-state index contributed by atoms with van der Waals surface area (Å²) in [7, 11) is 0. The molecular formula is C9H12N2O. The molecule has 1 aliphatic rings. The zero-order chi connectivity index (χ0) is 8.55. The number of H-pyrrole nitrogens is 1. The molecule has 2 N–H and O–H groups in total. The largest absolute Gasteiger partial charge is 0.355 e. The Kier molecular flexibility index (Phi) is 1.73. The molecule has 0 aromatic carbocycles. The smallest absolute Gasteiger partial charge is 0.175 e. The van der Waals surface area contributed by atoms with Gasteiger partial charge in [-0.1, -0.05) is 0 Å². The molecule has 0 unspecified atom stereocenters. The maximum Gasteiger partial charge on any atom is 0.175 e. The molecule has 0 aliphatic carbocycles. The van der Waals surface area contributed by atoms with Gasteiger partial charge in [0.25, 0.3) is 0 Å². The van der Waals surface area contributed by atoms with Crippen molar-refractivity contribution in [2.45, 2.75) is 19.9 Å². The van der Waals surface area contributed by atoms with Crippen molar-refractivity contribution in [3.63, 3.8) is 0 Å². The third-order valence-corrected chi connectivity index (χ3v) is 2.24. The summed E-state index contributed by atoms with van der Waals surface area (Å²) >= 11 is 0. The lowest BCUT2D eigenvalue weighted by atomic mass is 10.1. The molecule has 0 saturated carbocycles. The molecule has 0 amide bonds. The van der Waals surface area contributed by atoms with Gasteiger partial charge in [-0.2, -0.15) is 0 Å². The van der Waals surface area contributed by atoms with Crippen molar-refractivity contribution in [2.24, 2.45) is 0 Å². The van der Waals surface area contributed by atoms with Crippen molar-refractivity contribution < 1.29 is 4.79 Å². The van der Waals surface area contributed by atoms with Gasteiger partial charge in [0.1, 0.15) is 0 Å². The van der Waals surface area contributed by atoms with Crippen LogP contribution < -0.4 is 5.32 Å². The number of aromatic amines is 1. The first-order valence-corrected chi connectivity index (χ1v) is 4.20. The number of Topliss-reactive ketones (excluding diaryl/α,β-unsaturated/α-hetero) is 1. The standard InChI is InChI=1S/C9H12N2O/c1-6(12)8-4-7-2-3-10-5-9(7)11-8/h4,10-11H,2-3,5H2,1H3. The maximum atomic E-state index is 11.0. The Hall–Kier alpha value is -1.09. The van der Waals surface area contributed by atoms with E-state index in [0.29, 0.717) is 0 Å². The Morgan fingerprint density at radius 3 is 3.08 bits per heavy atom. The summed E-state index contributed by atoms with van der Waals surface area (Å²) in [5.74, 6) is 0.115. The maximum absolute atomic E-state index is 11.0. The molecule has 0 atom stereocenters. The van der Waals surface area contributed by atoms with Crippen LogP contribution in [0.2, 0.25) is 0 Å². The van der Waals surface area contributed by atoms with Gasteiger partial charge in [0.2, 0.25) is 0 Å². The fourth-order valence-electron chi connectivity index (χ4n) is 1.55. The molecule has 0 fully saturated rings. The van der Waals surface area contributed by atoms with E-state index in [1.165, 1.54) is 11.3 Å². The Morgan fingerprint density at radius 1 is 1.58 bits per heavy atom. The first-order valence-electron chi connectivity index (χ1n) is 4.20. The van der Waals surface area contributed by atoms with E-state index < -0.39 is 0 Å². The summed E-state index contributed by atoms with van der Waals surface area (Å²) in [4.78, 5) is 14.1. The summed E-state index contributed by atoms with van der Waals surface area (Å²) in [5.41, 5.74) is 3.20. The highest BCUT2D eigenvalue weighted by Crippen LogP contribution is 2.14. The minimum absolute atomic E-state index is 0.115. The number of carbonyl (C=O) groups is 1. The molecule has 2 heterocycles. The van der Waals surface area contributed by atoms with E-state index in [1.807, 2.05) is 6.07 Å². The Morgan fingerprint density at radius 2 is 2.42 bits per heavy atom. The number of nitrogens with one attached hydrogen (secondary N) is 2. The van der Waals surface area contributed by atoms with E-state index in [4.69, 9.17) is 0 Å². The van der Waals surface area contributed by atoms with Crippen LogP contribution >= 0.6 is 0 Å². The molecule has 12 heavy (non-hydrogen) atoms. The van der Waals surface area contributed by atoms with Gasteiger partial charge in [-0.05, 0) is 24.6 Å². The first-order chi connectivity index (χ1) is 5.77. The van der Waals surface area contributed by atoms with Gasteiger partial charge < -0.3 is 10.3 Å². The number of fused-ring (bicyclic) bond motifs is 1. The molecule has 1 aromatic heterocycles. The van der Waals surface area contributed by atoms with Crippen LogP contribution in [0.25, 0.3) is 0 Å². The van der Waals surface area contributed by atoms with E-state index in [0.717, 1.165) is 25.2 Å². The van der Waals surface area contributed by atoms with Crippen LogP contribution in [0.5, 0.6) is 0 Å².